The average Bonchev–Trinajstić information content (AvgIpc) is 2.75. The van der Waals surface area contributed by atoms with Crippen LogP contribution in [0.5, 0.6) is 0 Å². The van der Waals surface area contributed by atoms with Crippen LogP contribution in [0.15, 0.2) is 18.3 Å². The molecular formula is C13H22N2O2. The van der Waals surface area contributed by atoms with Crippen LogP contribution < -0.4 is 0 Å². The molecule has 1 N–H and O–H groups in total. The fourth-order valence-corrected chi connectivity index (χ4v) is 2.12. The molecule has 17 heavy (non-hydrogen) atoms. The first-order valence-electron chi connectivity index (χ1n) is 6.18. The lowest BCUT2D eigenvalue weighted by atomic mass is 10.1. The summed E-state index contributed by atoms with van der Waals surface area (Å²) in [6, 6.07) is 3.87. The number of hydrogen-bond donors (Lipinski definition) is 1. The highest BCUT2D eigenvalue weighted by molar-refractivity contribution is 5.93. The predicted molar refractivity (Wildman–Crippen MR) is 67.9 cm³/mol. The number of rotatable bonds is 6. The Balaban J connectivity index is 2.91. The highest BCUT2D eigenvalue weighted by Crippen LogP contribution is 2.13. The smallest absolute Gasteiger partial charge is 0.270 e. The van der Waals surface area contributed by atoms with E-state index in [2.05, 4.69) is 13.8 Å². The van der Waals surface area contributed by atoms with Gasteiger partial charge >= 0.3 is 0 Å². The van der Waals surface area contributed by atoms with Crippen molar-refractivity contribution in [2.75, 3.05) is 13.2 Å². The normalized spacial score (nSPS) is 10.9. The lowest BCUT2D eigenvalue weighted by Gasteiger charge is -2.30. The fraction of sp³-hybridized carbons (Fsp3) is 0.615. The number of aryl methyl sites for hydroxylation is 1. The van der Waals surface area contributed by atoms with Gasteiger partial charge in [-0.1, -0.05) is 13.8 Å². The SMILES string of the molecule is CCC(CC)N(CCO)C(=O)c1cccn1C. The third kappa shape index (κ3) is 3.09. The molecule has 0 radical (unpaired) electrons. The topological polar surface area (TPSA) is 45.5 Å². The number of hydrogen-bond acceptors (Lipinski definition) is 2. The first-order valence-corrected chi connectivity index (χ1v) is 6.18. The lowest BCUT2D eigenvalue weighted by molar-refractivity contribution is 0.0612. The maximum atomic E-state index is 12.4. The third-order valence-corrected chi connectivity index (χ3v) is 3.15. The molecule has 0 fully saturated rings. The Morgan fingerprint density at radius 3 is 2.53 bits per heavy atom. The van der Waals surface area contributed by atoms with Crippen LogP contribution in [0.25, 0.3) is 0 Å². The minimum atomic E-state index is 0.000231. The van der Waals surface area contributed by atoms with E-state index in [0.29, 0.717) is 12.2 Å². The Hall–Kier alpha value is -1.29. The quantitative estimate of drug-likeness (QED) is 0.819. The Morgan fingerprint density at radius 1 is 1.47 bits per heavy atom. The predicted octanol–water partition coefficient (Wildman–Crippen LogP) is 1.65. The van der Waals surface area contributed by atoms with Gasteiger partial charge in [-0.3, -0.25) is 4.79 Å². The molecule has 1 rings (SSSR count). The van der Waals surface area contributed by atoms with Gasteiger partial charge in [0.1, 0.15) is 5.69 Å². The summed E-state index contributed by atoms with van der Waals surface area (Å²) in [5.41, 5.74) is 0.672. The number of carbonyl (C=O) groups excluding carboxylic acids is 1. The van der Waals surface area contributed by atoms with Crippen LogP contribution in [0.2, 0.25) is 0 Å². The number of aliphatic hydroxyl groups is 1. The van der Waals surface area contributed by atoms with Gasteiger partial charge in [-0.2, -0.15) is 0 Å². The van der Waals surface area contributed by atoms with E-state index in [1.165, 1.54) is 0 Å². The Morgan fingerprint density at radius 2 is 2.12 bits per heavy atom. The van der Waals surface area contributed by atoms with E-state index in [9.17, 15) is 4.79 Å². The molecule has 1 aromatic rings. The monoisotopic (exact) mass is 238 g/mol. The molecule has 96 valence electrons. The maximum Gasteiger partial charge on any atom is 0.270 e. The fourth-order valence-electron chi connectivity index (χ4n) is 2.12. The van der Waals surface area contributed by atoms with Crippen molar-refractivity contribution in [2.24, 2.45) is 7.05 Å². The standard InChI is InChI=1S/C13H22N2O2/c1-4-11(5-2)15(9-10-16)13(17)12-7-6-8-14(12)3/h6-8,11,16H,4-5,9-10H2,1-3H3. The average molecular weight is 238 g/mol. The Kier molecular flexibility index (Phi) is 5.22. The molecule has 0 aromatic carbocycles. The molecular weight excluding hydrogens is 216 g/mol. The highest BCUT2D eigenvalue weighted by Gasteiger charge is 2.23. The molecule has 0 spiro atoms. The summed E-state index contributed by atoms with van der Waals surface area (Å²) in [5, 5.41) is 9.09. The van der Waals surface area contributed by atoms with Gasteiger partial charge in [0, 0.05) is 25.8 Å². The van der Waals surface area contributed by atoms with E-state index in [1.807, 2.05) is 29.9 Å². The van der Waals surface area contributed by atoms with E-state index < -0.39 is 0 Å². The zero-order valence-corrected chi connectivity index (χ0v) is 10.9. The van der Waals surface area contributed by atoms with Gasteiger partial charge in [0.05, 0.1) is 6.61 Å². The van der Waals surface area contributed by atoms with Gasteiger partial charge in [-0.15, -0.1) is 0 Å². The van der Waals surface area contributed by atoms with Crippen molar-refractivity contribution in [1.82, 2.24) is 9.47 Å². The summed E-state index contributed by atoms with van der Waals surface area (Å²) in [7, 11) is 1.86. The van der Waals surface area contributed by atoms with Gasteiger partial charge < -0.3 is 14.6 Å². The van der Waals surface area contributed by atoms with Crippen LogP contribution in [-0.4, -0.2) is 39.7 Å². The van der Waals surface area contributed by atoms with Gasteiger partial charge in [0.15, 0.2) is 0 Å². The molecule has 0 atom stereocenters. The van der Waals surface area contributed by atoms with Gasteiger partial charge in [-0.05, 0) is 25.0 Å². The molecule has 0 aliphatic rings. The molecule has 0 unspecified atom stereocenters. The molecule has 0 saturated carbocycles. The molecule has 0 bridgehead atoms. The summed E-state index contributed by atoms with van der Waals surface area (Å²) >= 11 is 0. The van der Waals surface area contributed by atoms with Crippen LogP contribution in [0.1, 0.15) is 37.2 Å². The van der Waals surface area contributed by atoms with E-state index in [0.717, 1.165) is 12.8 Å². The minimum absolute atomic E-state index is 0.000231. The zero-order chi connectivity index (χ0) is 12.8. The van der Waals surface area contributed by atoms with E-state index in [1.54, 1.807) is 4.90 Å². The van der Waals surface area contributed by atoms with Crippen molar-refractivity contribution in [3.63, 3.8) is 0 Å². The maximum absolute atomic E-state index is 12.4. The van der Waals surface area contributed by atoms with Crippen molar-refractivity contribution in [3.8, 4) is 0 Å². The second-order valence-corrected chi connectivity index (χ2v) is 4.20. The van der Waals surface area contributed by atoms with E-state index in [-0.39, 0.29) is 18.6 Å². The largest absolute Gasteiger partial charge is 0.395 e. The third-order valence-electron chi connectivity index (χ3n) is 3.15. The number of nitrogens with zero attached hydrogens (tertiary/aromatic N) is 2. The molecule has 4 heteroatoms. The lowest BCUT2D eigenvalue weighted by Crippen LogP contribution is -2.42. The van der Waals surface area contributed by atoms with Crippen LogP contribution >= 0.6 is 0 Å². The zero-order valence-electron chi connectivity index (χ0n) is 10.9. The summed E-state index contributed by atoms with van der Waals surface area (Å²) in [5.74, 6) is 0.000231. The summed E-state index contributed by atoms with van der Waals surface area (Å²) in [6.45, 7) is 4.54. The first-order chi connectivity index (χ1) is 8.15. The molecule has 1 heterocycles. The molecule has 0 aliphatic heterocycles. The first kappa shape index (κ1) is 13.8. The molecule has 0 saturated heterocycles. The summed E-state index contributed by atoms with van der Waals surface area (Å²) < 4.78 is 1.81. The second kappa shape index (κ2) is 6.45. The Bertz CT molecular complexity index is 356. The van der Waals surface area contributed by atoms with Gasteiger partial charge in [0.2, 0.25) is 0 Å². The van der Waals surface area contributed by atoms with Crippen LogP contribution in [-0.2, 0) is 7.05 Å². The summed E-state index contributed by atoms with van der Waals surface area (Å²) in [4.78, 5) is 14.1. The second-order valence-electron chi connectivity index (χ2n) is 4.20. The number of carbonyl (C=O) groups is 1. The van der Waals surface area contributed by atoms with Crippen molar-refractivity contribution in [3.05, 3.63) is 24.0 Å². The van der Waals surface area contributed by atoms with Crippen LogP contribution in [0.4, 0.5) is 0 Å². The molecule has 4 nitrogen and oxygen atoms in total. The van der Waals surface area contributed by atoms with Crippen molar-refractivity contribution >= 4 is 5.91 Å². The minimum Gasteiger partial charge on any atom is -0.395 e. The van der Waals surface area contributed by atoms with Crippen LogP contribution in [0.3, 0.4) is 0 Å². The molecule has 0 aliphatic carbocycles. The highest BCUT2D eigenvalue weighted by atomic mass is 16.3. The van der Waals surface area contributed by atoms with Gasteiger partial charge in [-0.25, -0.2) is 0 Å². The summed E-state index contributed by atoms with van der Waals surface area (Å²) in [6.07, 6.45) is 3.68. The van der Waals surface area contributed by atoms with E-state index >= 15 is 0 Å². The van der Waals surface area contributed by atoms with Crippen LogP contribution in [0, 0.1) is 0 Å². The number of amides is 1. The van der Waals surface area contributed by atoms with E-state index in [4.69, 9.17) is 5.11 Å². The van der Waals surface area contributed by atoms with Gasteiger partial charge in [0.25, 0.3) is 5.91 Å². The molecule has 1 aromatic heterocycles. The van der Waals surface area contributed by atoms with Crippen molar-refractivity contribution in [2.45, 2.75) is 32.7 Å². The van der Waals surface area contributed by atoms with Crippen molar-refractivity contribution < 1.29 is 9.90 Å². The number of aliphatic hydroxyl groups excluding tert-OH is 1. The number of aromatic nitrogens is 1. The van der Waals surface area contributed by atoms with Crippen molar-refractivity contribution in [1.29, 1.82) is 0 Å². The molecule has 1 amide bonds. The Labute approximate surface area is 103 Å².